The van der Waals surface area contributed by atoms with Crippen LogP contribution in [0.1, 0.15) is 56.9 Å². The molecule has 2 saturated heterocycles. The van der Waals surface area contributed by atoms with Gasteiger partial charge in [-0.15, -0.1) is 0 Å². The van der Waals surface area contributed by atoms with Gasteiger partial charge in [-0.05, 0) is 62.6 Å². The summed E-state index contributed by atoms with van der Waals surface area (Å²) < 4.78 is 37.2. The molecule has 30 heavy (non-hydrogen) atoms. The lowest BCUT2D eigenvalue weighted by Crippen LogP contribution is -2.46. The van der Waals surface area contributed by atoms with Crippen LogP contribution in [0.25, 0.3) is 0 Å². The van der Waals surface area contributed by atoms with Gasteiger partial charge < -0.3 is 18.9 Å². The first-order chi connectivity index (χ1) is 14.5. The number of rotatable bonds is 7. The van der Waals surface area contributed by atoms with Crippen LogP contribution < -0.4 is 4.74 Å². The maximum Gasteiger partial charge on any atom is 0.330 e. The van der Waals surface area contributed by atoms with Crippen LogP contribution in [0.3, 0.4) is 0 Å². The van der Waals surface area contributed by atoms with Crippen molar-refractivity contribution >= 4 is 5.97 Å². The molecule has 4 unspecified atom stereocenters. The molecule has 0 amide bonds. The zero-order valence-electron chi connectivity index (χ0n) is 17.5. The van der Waals surface area contributed by atoms with Crippen LogP contribution in [0, 0.1) is 16.6 Å². The fraction of sp³-hybridized carbons (Fsp3) is 0.625. The maximum absolute atomic E-state index is 14.5. The predicted octanol–water partition coefficient (Wildman–Crippen LogP) is 4.64. The van der Waals surface area contributed by atoms with Crippen molar-refractivity contribution in [1.82, 2.24) is 0 Å². The van der Waals surface area contributed by atoms with Crippen molar-refractivity contribution in [3.63, 3.8) is 0 Å². The minimum absolute atomic E-state index is 0.0888. The number of benzene rings is 1. The van der Waals surface area contributed by atoms with Crippen LogP contribution in [-0.2, 0) is 24.6 Å². The third-order valence-corrected chi connectivity index (χ3v) is 7.79. The SMILES string of the molecule is COC(=O)C=CCCC12COC3(c4cc(F)cc(OC5CCCCO5)c4)CCC13C2. The minimum Gasteiger partial charge on any atom is -0.466 e. The third-order valence-electron chi connectivity index (χ3n) is 7.79. The van der Waals surface area contributed by atoms with Crippen molar-refractivity contribution in [2.24, 2.45) is 10.8 Å². The Kier molecular flexibility index (Phi) is 4.90. The molecule has 2 aliphatic carbocycles. The number of esters is 1. The van der Waals surface area contributed by atoms with Crippen molar-refractivity contribution < 1.29 is 28.1 Å². The largest absolute Gasteiger partial charge is 0.466 e. The number of halogens is 1. The van der Waals surface area contributed by atoms with Gasteiger partial charge in [-0.2, -0.15) is 0 Å². The molecular weight excluding hydrogens is 387 g/mol. The van der Waals surface area contributed by atoms with Crippen molar-refractivity contribution in [3.05, 3.63) is 41.7 Å². The highest BCUT2D eigenvalue weighted by Crippen LogP contribution is 2.87. The Balaban J connectivity index is 1.32. The lowest BCUT2D eigenvalue weighted by atomic mass is 9.60. The maximum atomic E-state index is 14.5. The molecule has 2 heterocycles. The summed E-state index contributed by atoms with van der Waals surface area (Å²) >= 11 is 0. The second kappa shape index (κ2) is 7.34. The summed E-state index contributed by atoms with van der Waals surface area (Å²) in [6, 6.07) is 5.00. The van der Waals surface area contributed by atoms with Gasteiger partial charge in [0, 0.05) is 29.4 Å². The highest BCUT2D eigenvalue weighted by molar-refractivity contribution is 5.81. The topological polar surface area (TPSA) is 54.0 Å². The van der Waals surface area contributed by atoms with Crippen LogP contribution in [0.15, 0.2) is 30.4 Å². The number of methoxy groups -OCH3 is 1. The molecule has 1 aromatic carbocycles. The summed E-state index contributed by atoms with van der Waals surface area (Å²) in [5.74, 6) is -0.0958. The monoisotopic (exact) mass is 416 g/mol. The standard InChI is InChI=1S/C24H29FO5/c1-27-20(26)6-2-4-8-22-15-23(22)9-10-24(23,29-16-22)17-12-18(25)14-19(13-17)30-21-7-3-5-11-28-21/h2,6,12-14,21H,3-5,7-11,15-16H2,1H3. The highest BCUT2D eigenvalue weighted by atomic mass is 19.1. The lowest BCUT2D eigenvalue weighted by molar-refractivity contribution is -0.134. The molecule has 4 fully saturated rings. The van der Waals surface area contributed by atoms with Crippen LogP contribution in [-0.4, -0.2) is 32.6 Å². The van der Waals surface area contributed by atoms with E-state index in [1.54, 1.807) is 6.07 Å². The van der Waals surface area contributed by atoms with Gasteiger partial charge in [-0.3, -0.25) is 0 Å². The average molecular weight is 416 g/mol. The van der Waals surface area contributed by atoms with Crippen LogP contribution in [0.5, 0.6) is 5.75 Å². The Hall–Kier alpha value is -1.92. The van der Waals surface area contributed by atoms with E-state index in [-0.39, 0.29) is 28.9 Å². The summed E-state index contributed by atoms with van der Waals surface area (Å²) in [7, 11) is 1.38. The zero-order chi connectivity index (χ0) is 20.8. The van der Waals surface area contributed by atoms with E-state index in [2.05, 4.69) is 4.74 Å². The Bertz CT molecular complexity index is 859. The van der Waals surface area contributed by atoms with Gasteiger partial charge in [0.15, 0.2) is 6.29 Å². The Labute approximate surface area is 176 Å². The van der Waals surface area contributed by atoms with Gasteiger partial charge in [0.2, 0.25) is 0 Å². The van der Waals surface area contributed by atoms with Crippen LogP contribution in [0.4, 0.5) is 4.39 Å². The molecule has 0 radical (unpaired) electrons. The molecule has 1 aromatic rings. The molecule has 5 nitrogen and oxygen atoms in total. The normalized spacial score (nSPS) is 36.7. The fourth-order valence-corrected chi connectivity index (χ4v) is 6.10. The van der Waals surface area contributed by atoms with Crippen molar-refractivity contribution in [3.8, 4) is 5.75 Å². The van der Waals surface area contributed by atoms with Crippen molar-refractivity contribution in [1.29, 1.82) is 0 Å². The number of ether oxygens (including phenoxy) is 4. The van der Waals surface area contributed by atoms with Crippen molar-refractivity contribution in [2.45, 2.75) is 63.3 Å². The highest BCUT2D eigenvalue weighted by Gasteiger charge is 2.84. The molecule has 4 aliphatic rings. The molecule has 0 aromatic heterocycles. The van der Waals surface area contributed by atoms with Crippen LogP contribution >= 0.6 is 0 Å². The lowest BCUT2D eigenvalue weighted by Gasteiger charge is -2.48. The van der Waals surface area contributed by atoms with Gasteiger partial charge in [0.1, 0.15) is 11.6 Å². The Morgan fingerprint density at radius 3 is 2.93 bits per heavy atom. The smallest absolute Gasteiger partial charge is 0.330 e. The van der Waals surface area contributed by atoms with E-state index in [4.69, 9.17) is 14.2 Å². The Morgan fingerprint density at radius 1 is 1.30 bits per heavy atom. The van der Waals surface area contributed by atoms with Gasteiger partial charge in [0.25, 0.3) is 0 Å². The van der Waals surface area contributed by atoms with E-state index in [0.29, 0.717) is 19.0 Å². The second-order valence-corrected chi connectivity index (χ2v) is 9.21. The fourth-order valence-electron chi connectivity index (χ4n) is 6.10. The molecule has 4 atom stereocenters. The molecular formula is C24H29FO5. The van der Waals surface area contributed by atoms with Gasteiger partial charge in [-0.25, -0.2) is 9.18 Å². The molecule has 0 bridgehead atoms. The van der Waals surface area contributed by atoms with E-state index in [1.165, 1.54) is 19.3 Å². The van der Waals surface area contributed by atoms with Gasteiger partial charge in [-0.1, -0.05) is 6.08 Å². The first-order valence-electron chi connectivity index (χ1n) is 11.0. The summed E-state index contributed by atoms with van der Waals surface area (Å²) in [5, 5.41) is 0. The molecule has 162 valence electrons. The molecule has 6 heteroatoms. The number of carbonyl (C=O) groups is 1. The van der Waals surface area contributed by atoms with E-state index in [0.717, 1.165) is 56.9 Å². The number of allylic oxidation sites excluding steroid dienone is 1. The zero-order valence-corrected chi connectivity index (χ0v) is 17.5. The van der Waals surface area contributed by atoms with E-state index in [9.17, 15) is 9.18 Å². The van der Waals surface area contributed by atoms with E-state index >= 15 is 0 Å². The minimum atomic E-state index is -0.410. The summed E-state index contributed by atoms with van der Waals surface area (Å²) in [4.78, 5) is 11.3. The molecule has 0 N–H and O–H groups in total. The summed E-state index contributed by atoms with van der Waals surface area (Å²) in [5.41, 5.74) is 0.702. The van der Waals surface area contributed by atoms with Crippen LogP contribution in [0.2, 0.25) is 0 Å². The predicted molar refractivity (Wildman–Crippen MR) is 107 cm³/mol. The van der Waals surface area contributed by atoms with E-state index < -0.39 is 5.60 Å². The third kappa shape index (κ3) is 2.99. The molecule has 2 saturated carbocycles. The average Bonchev–Trinajstić information content (AvgIpc) is 3.38. The van der Waals surface area contributed by atoms with Gasteiger partial charge in [0.05, 0.1) is 25.9 Å². The quantitative estimate of drug-likeness (QED) is 0.479. The van der Waals surface area contributed by atoms with E-state index in [1.807, 2.05) is 12.1 Å². The number of hydrogen-bond donors (Lipinski definition) is 0. The molecule has 2 aliphatic heterocycles. The summed E-state index contributed by atoms with van der Waals surface area (Å²) in [6.45, 7) is 1.38. The molecule has 5 rings (SSSR count). The molecule has 1 spiro atoms. The summed E-state index contributed by atoms with van der Waals surface area (Å²) in [6.07, 6.45) is 10.9. The number of carbonyl (C=O) groups excluding carboxylic acids is 1. The Morgan fingerprint density at radius 2 is 2.20 bits per heavy atom. The van der Waals surface area contributed by atoms with Gasteiger partial charge >= 0.3 is 5.97 Å². The number of hydrogen-bond acceptors (Lipinski definition) is 5. The first-order valence-corrected chi connectivity index (χ1v) is 11.0. The second-order valence-electron chi connectivity index (χ2n) is 9.21. The van der Waals surface area contributed by atoms with Crippen molar-refractivity contribution in [2.75, 3.05) is 20.3 Å². The first kappa shape index (κ1) is 20.0.